The Bertz CT molecular complexity index is 951. The van der Waals surface area contributed by atoms with Crippen molar-refractivity contribution in [3.8, 4) is 5.75 Å². The number of carbonyl (C=O) groups is 1. The lowest BCUT2D eigenvalue weighted by Crippen LogP contribution is -2.25. The van der Waals surface area contributed by atoms with Gasteiger partial charge in [0.2, 0.25) is 0 Å². The summed E-state index contributed by atoms with van der Waals surface area (Å²) in [6, 6.07) is 9.11. The van der Waals surface area contributed by atoms with Crippen molar-refractivity contribution < 1.29 is 9.53 Å². The Kier molecular flexibility index (Phi) is 5.96. The molecule has 0 unspecified atom stereocenters. The Morgan fingerprint density at radius 3 is 2.70 bits per heavy atom. The molecule has 0 spiro atoms. The molecule has 2 heterocycles. The minimum absolute atomic E-state index is 0.0970. The lowest BCUT2D eigenvalue weighted by atomic mass is 10.1. The van der Waals surface area contributed by atoms with Crippen LogP contribution in [-0.2, 0) is 7.05 Å². The molecule has 0 bridgehead atoms. The topological polar surface area (TPSA) is 69.0 Å². The second-order valence-corrected chi connectivity index (χ2v) is 6.92. The number of carbonyl (C=O) groups excluding carboxylic acids is 1. The van der Waals surface area contributed by atoms with E-state index in [1.54, 1.807) is 16.8 Å². The molecule has 3 aromatic rings. The molecule has 0 fully saturated rings. The van der Waals surface area contributed by atoms with Crippen LogP contribution >= 0.6 is 11.6 Å². The summed E-state index contributed by atoms with van der Waals surface area (Å²) in [5, 5.41) is 8.86. The summed E-state index contributed by atoms with van der Waals surface area (Å²) in [6.07, 6.45) is 1.68. The van der Waals surface area contributed by atoms with Gasteiger partial charge in [0.25, 0.3) is 5.91 Å². The summed E-state index contributed by atoms with van der Waals surface area (Å²) in [5.74, 6) is 0.699. The number of hydrogen-bond donors (Lipinski definition) is 1. The van der Waals surface area contributed by atoms with E-state index in [-0.39, 0.29) is 5.91 Å². The van der Waals surface area contributed by atoms with E-state index in [2.05, 4.69) is 15.4 Å². The van der Waals surface area contributed by atoms with Crippen LogP contribution in [0.5, 0.6) is 5.75 Å². The zero-order chi connectivity index (χ0) is 19.4. The fourth-order valence-corrected chi connectivity index (χ4v) is 3.12. The number of unbranched alkanes of at least 4 members (excludes halogenated alkanes) is 1. The first kappa shape index (κ1) is 19.2. The van der Waals surface area contributed by atoms with E-state index < -0.39 is 0 Å². The van der Waals surface area contributed by atoms with Crippen molar-refractivity contribution in [3.05, 3.63) is 52.3 Å². The smallest absolute Gasteiger partial charge is 0.252 e. The van der Waals surface area contributed by atoms with Gasteiger partial charge in [0.1, 0.15) is 5.75 Å². The van der Waals surface area contributed by atoms with Crippen LogP contribution in [0, 0.1) is 13.8 Å². The Labute approximate surface area is 163 Å². The summed E-state index contributed by atoms with van der Waals surface area (Å²) in [7, 11) is 1.84. The predicted molar refractivity (Wildman–Crippen MR) is 106 cm³/mol. The first-order valence-corrected chi connectivity index (χ1v) is 9.31. The Hall–Kier alpha value is -2.60. The molecule has 0 aliphatic rings. The zero-order valence-corrected chi connectivity index (χ0v) is 16.5. The summed E-state index contributed by atoms with van der Waals surface area (Å²) in [6.45, 7) is 4.96. The predicted octanol–water partition coefficient (Wildman–Crippen LogP) is 3.83. The fraction of sp³-hybridized carbons (Fsp3) is 0.350. The third-order valence-corrected chi connectivity index (χ3v) is 4.53. The number of rotatable bonds is 7. The maximum atomic E-state index is 12.6. The summed E-state index contributed by atoms with van der Waals surface area (Å²) in [4.78, 5) is 17.1. The number of halogens is 1. The van der Waals surface area contributed by atoms with E-state index in [4.69, 9.17) is 16.3 Å². The van der Waals surface area contributed by atoms with Gasteiger partial charge >= 0.3 is 0 Å². The molecule has 0 saturated heterocycles. The van der Waals surface area contributed by atoms with Gasteiger partial charge in [-0.05, 0) is 57.0 Å². The van der Waals surface area contributed by atoms with Crippen molar-refractivity contribution in [1.29, 1.82) is 0 Å². The Morgan fingerprint density at radius 2 is 1.96 bits per heavy atom. The molecule has 6 nitrogen and oxygen atoms in total. The van der Waals surface area contributed by atoms with Crippen molar-refractivity contribution >= 4 is 28.5 Å². The van der Waals surface area contributed by atoms with E-state index in [0.717, 1.165) is 41.0 Å². The van der Waals surface area contributed by atoms with Crippen molar-refractivity contribution in [3.63, 3.8) is 0 Å². The first-order chi connectivity index (χ1) is 13.0. The second kappa shape index (κ2) is 8.39. The number of aryl methyl sites for hydroxylation is 3. The molecular weight excluding hydrogens is 364 g/mol. The van der Waals surface area contributed by atoms with Crippen LogP contribution in [0.2, 0.25) is 5.02 Å². The minimum Gasteiger partial charge on any atom is -0.494 e. The lowest BCUT2D eigenvalue weighted by molar-refractivity contribution is 0.0953. The van der Waals surface area contributed by atoms with Crippen LogP contribution in [0.1, 0.15) is 34.6 Å². The van der Waals surface area contributed by atoms with Crippen molar-refractivity contribution in [2.24, 2.45) is 7.05 Å². The highest BCUT2D eigenvalue weighted by Gasteiger charge is 2.17. The Morgan fingerprint density at radius 1 is 1.22 bits per heavy atom. The largest absolute Gasteiger partial charge is 0.494 e. The van der Waals surface area contributed by atoms with Gasteiger partial charge in [0.05, 0.1) is 23.3 Å². The highest BCUT2D eigenvalue weighted by atomic mass is 35.5. The van der Waals surface area contributed by atoms with Crippen molar-refractivity contribution in [1.82, 2.24) is 20.1 Å². The minimum atomic E-state index is -0.0970. The van der Waals surface area contributed by atoms with E-state index in [1.165, 1.54) is 0 Å². The molecule has 3 rings (SSSR count). The first-order valence-electron chi connectivity index (χ1n) is 8.93. The van der Waals surface area contributed by atoms with Crippen molar-refractivity contribution in [2.75, 3.05) is 13.2 Å². The normalized spacial score (nSPS) is 11.0. The standard InChI is InChI=1S/C20H23ClN4O2/c1-13-12-17(18-14(2)24-25(3)19(18)23-13)20(26)22-10-4-5-11-27-16-8-6-15(21)7-9-16/h6-9,12H,4-5,10-11H2,1-3H3,(H,22,26). The number of hydrogen-bond acceptors (Lipinski definition) is 4. The molecule has 0 radical (unpaired) electrons. The zero-order valence-electron chi connectivity index (χ0n) is 15.8. The van der Waals surface area contributed by atoms with E-state index in [1.807, 2.05) is 39.1 Å². The van der Waals surface area contributed by atoms with Crippen LogP contribution in [0.4, 0.5) is 0 Å². The van der Waals surface area contributed by atoms with Gasteiger partial charge < -0.3 is 10.1 Å². The SMILES string of the molecule is Cc1cc(C(=O)NCCCCOc2ccc(Cl)cc2)c2c(C)nn(C)c2n1. The highest BCUT2D eigenvalue weighted by molar-refractivity contribution is 6.30. The quantitative estimate of drug-likeness (QED) is 0.626. The molecule has 7 heteroatoms. The number of pyridine rings is 1. The van der Waals surface area contributed by atoms with E-state index >= 15 is 0 Å². The summed E-state index contributed by atoms with van der Waals surface area (Å²) < 4.78 is 7.36. The lowest BCUT2D eigenvalue weighted by Gasteiger charge is -2.09. The molecule has 0 atom stereocenters. The fourth-order valence-electron chi connectivity index (χ4n) is 2.99. The third-order valence-electron chi connectivity index (χ3n) is 4.28. The van der Waals surface area contributed by atoms with E-state index in [9.17, 15) is 4.79 Å². The van der Waals surface area contributed by atoms with Gasteiger partial charge in [-0.15, -0.1) is 0 Å². The van der Waals surface area contributed by atoms with Gasteiger partial charge in [0, 0.05) is 24.3 Å². The van der Waals surface area contributed by atoms with Crippen molar-refractivity contribution in [2.45, 2.75) is 26.7 Å². The summed E-state index contributed by atoms with van der Waals surface area (Å²) >= 11 is 5.85. The van der Waals surface area contributed by atoms with Crippen LogP contribution in [0.25, 0.3) is 11.0 Å². The monoisotopic (exact) mass is 386 g/mol. The summed E-state index contributed by atoms with van der Waals surface area (Å²) in [5.41, 5.74) is 2.96. The number of aromatic nitrogens is 3. The third kappa shape index (κ3) is 4.57. The van der Waals surface area contributed by atoms with Gasteiger partial charge in [-0.3, -0.25) is 9.48 Å². The molecule has 27 heavy (non-hydrogen) atoms. The van der Waals surface area contributed by atoms with Crippen LogP contribution in [0.3, 0.4) is 0 Å². The number of amides is 1. The van der Waals surface area contributed by atoms with Gasteiger partial charge in [-0.25, -0.2) is 4.98 Å². The number of benzene rings is 1. The molecule has 142 valence electrons. The molecular formula is C20H23ClN4O2. The molecule has 1 amide bonds. The van der Waals surface area contributed by atoms with Gasteiger partial charge in [0.15, 0.2) is 5.65 Å². The molecule has 0 aliphatic heterocycles. The molecule has 0 aliphatic carbocycles. The maximum Gasteiger partial charge on any atom is 0.252 e. The molecule has 1 aromatic carbocycles. The van der Waals surface area contributed by atoms with Crippen LogP contribution < -0.4 is 10.1 Å². The molecule has 1 N–H and O–H groups in total. The number of nitrogens with zero attached hydrogens (tertiary/aromatic N) is 3. The Balaban J connectivity index is 1.51. The number of nitrogens with one attached hydrogen (secondary N) is 1. The average molecular weight is 387 g/mol. The maximum absolute atomic E-state index is 12.6. The highest BCUT2D eigenvalue weighted by Crippen LogP contribution is 2.21. The van der Waals surface area contributed by atoms with Crippen LogP contribution in [0.15, 0.2) is 30.3 Å². The number of fused-ring (bicyclic) bond motifs is 1. The second-order valence-electron chi connectivity index (χ2n) is 6.48. The van der Waals surface area contributed by atoms with Gasteiger partial charge in [-0.2, -0.15) is 5.10 Å². The molecule has 2 aromatic heterocycles. The van der Waals surface area contributed by atoms with Crippen LogP contribution in [-0.4, -0.2) is 33.8 Å². The number of ether oxygens (including phenoxy) is 1. The van der Waals surface area contributed by atoms with E-state index in [0.29, 0.717) is 23.7 Å². The van der Waals surface area contributed by atoms with Gasteiger partial charge in [-0.1, -0.05) is 11.6 Å². The average Bonchev–Trinajstić information content (AvgIpc) is 2.92. The molecule has 0 saturated carbocycles.